The summed E-state index contributed by atoms with van der Waals surface area (Å²) in [5.74, 6) is -0.261. The molecule has 0 aliphatic carbocycles. The number of ether oxygens (including phenoxy) is 1. The lowest BCUT2D eigenvalue weighted by molar-refractivity contribution is -0.143. The first kappa shape index (κ1) is 19.5. The molecule has 24 heavy (non-hydrogen) atoms. The quantitative estimate of drug-likeness (QED) is 0.785. The summed E-state index contributed by atoms with van der Waals surface area (Å²) in [6, 6.07) is 4.06. The number of carbonyl (C=O) groups is 1. The first-order chi connectivity index (χ1) is 11.1. The first-order valence-electron chi connectivity index (χ1n) is 7.46. The maximum atomic E-state index is 12.6. The van der Waals surface area contributed by atoms with Gasteiger partial charge in [0.1, 0.15) is 0 Å². The van der Waals surface area contributed by atoms with Crippen molar-refractivity contribution in [1.29, 1.82) is 0 Å². The molecule has 9 heteroatoms. The molecular weight excluding hydrogens is 375 g/mol. The molecule has 2 atom stereocenters. The normalized spacial score (nSPS) is 22.0. The van der Waals surface area contributed by atoms with Gasteiger partial charge in [-0.3, -0.25) is 4.79 Å². The number of halogens is 2. The van der Waals surface area contributed by atoms with Gasteiger partial charge in [-0.1, -0.05) is 23.2 Å². The third-order valence-electron chi connectivity index (χ3n) is 3.73. The Morgan fingerprint density at radius 2 is 1.83 bits per heavy atom. The number of hydrogen-bond donors (Lipinski definition) is 0. The molecule has 0 radical (unpaired) electrons. The van der Waals surface area contributed by atoms with E-state index < -0.39 is 10.0 Å². The van der Waals surface area contributed by atoms with Crippen LogP contribution in [0.25, 0.3) is 0 Å². The van der Waals surface area contributed by atoms with Gasteiger partial charge in [0.2, 0.25) is 15.9 Å². The summed E-state index contributed by atoms with van der Waals surface area (Å²) in [6.07, 6.45) is -0.149. The molecule has 1 aromatic rings. The van der Waals surface area contributed by atoms with Crippen LogP contribution in [-0.4, -0.2) is 62.4 Å². The second-order valence-electron chi connectivity index (χ2n) is 5.89. The zero-order valence-corrected chi connectivity index (χ0v) is 16.0. The summed E-state index contributed by atoms with van der Waals surface area (Å²) in [5, 5.41) is 0.416. The highest BCUT2D eigenvalue weighted by Gasteiger charge is 2.29. The van der Waals surface area contributed by atoms with Gasteiger partial charge in [-0.15, -0.1) is 0 Å². The van der Waals surface area contributed by atoms with E-state index in [-0.39, 0.29) is 39.6 Å². The van der Waals surface area contributed by atoms with Crippen LogP contribution in [0.2, 0.25) is 10.0 Å². The van der Waals surface area contributed by atoms with Crippen molar-refractivity contribution in [2.45, 2.75) is 31.0 Å². The Morgan fingerprint density at radius 3 is 2.38 bits per heavy atom. The highest BCUT2D eigenvalue weighted by atomic mass is 35.5. The highest BCUT2D eigenvalue weighted by Crippen LogP contribution is 2.26. The minimum Gasteiger partial charge on any atom is -0.372 e. The van der Waals surface area contributed by atoms with E-state index in [1.165, 1.54) is 25.2 Å². The van der Waals surface area contributed by atoms with Gasteiger partial charge in [0.25, 0.3) is 0 Å². The number of benzene rings is 1. The Bertz CT molecular complexity index is 716. The van der Waals surface area contributed by atoms with Crippen LogP contribution < -0.4 is 0 Å². The van der Waals surface area contributed by atoms with Gasteiger partial charge in [-0.25, -0.2) is 8.42 Å². The number of amides is 1. The molecule has 1 heterocycles. The minimum atomic E-state index is -3.83. The van der Waals surface area contributed by atoms with Crippen LogP contribution in [0.5, 0.6) is 0 Å². The molecule has 1 amide bonds. The van der Waals surface area contributed by atoms with Crippen LogP contribution in [0.4, 0.5) is 0 Å². The molecule has 1 aromatic carbocycles. The molecule has 0 unspecified atom stereocenters. The number of nitrogens with zero attached hydrogens (tertiary/aromatic N) is 2. The zero-order valence-electron chi connectivity index (χ0n) is 13.7. The van der Waals surface area contributed by atoms with Crippen LogP contribution >= 0.6 is 23.2 Å². The fourth-order valence-electron chi connectivity index (χ4n) is 2.57. The summed E-state index contributed by atoms with van der Waals surface area (Å²) < 4.78 is 31.7. The lowest BCUT2D eigenvalue weighted by Crippen LogP contribution is -2.51. The highest BCUT2D eigenvalue weighted by molar-refractivity contribution is 7.89. The third-order valence-corrected chi connectivity index (χ3v) is 6.27. The van der Waals surface area contributed by atoms with Crippen molar-refractivity contribution < 1.29 is 17.9 Å². The van der Waals surface area contributed by atoms with Crippen LogP contribution in [0.3, 0.4) is 0 Å². The van der Waals surface area contributed by atoms with Gasteiger partial charge in [-0.05, 0) is 32.0 Å². The lowest BCUT2D eigenvalue weighted by atomic mass is 10.2. The second kappa shape index (κ2) is 7.58. The molecule has 134 valence electrons. The van der Waals surface area contributed by atoms with Crippen molar-refractivity contribution in [3.05, 3.63) is 28.2 Å². The minimum absolute atomic E-state index is 0.00378. The van der Waals surface area contributed by atoms with Gasteiger partial charge in [0, 0.05) is 20.1 Å². The molecule has 0 spiro atoms. The molecule has 0 saturated carbocycles. The van der Waals surface area contributed by atoms with Crippen molar-refractivity contribution in [2.75, 3.05) is 26.7 Å². The molecule has 0 N–H and O–H groups in total. The average Bonchev–Trinajstić information content (AvgIpc) is 2.48. The van der Waals surface area contributed by atoms with E-state index in [0.717, 1.165) is 4.31 Å². The van der Waals surface area contributed by atoms with Crippen LogP contribution in [-0.2, 0) is 19.6 Å². The fraction of sp³-hybridized carbons (Fsp3) is 0.533. The molecule has 0 bridgehead atoms. The molecule has 1 aliphatic heterocycles. The number of morpholine rings is 1. The first-order valence-corrected chi connectivity index (χ1v) is 9.65. The van der Waals surface area contributed by atoms with Crippen molar-refractivity contribution >= 4 is 39.1 Å². The van der Waals surface area contributed by atoms with Crippen LogP contribution in [0.15, 0.2) is 23.1 Å². The van der Waals surface area contributed by atoms with E-state index in [0.29, 0.717) is 13.1 Å². The molecular formula is C15H20Cl2N2O4S. The molecule has 2 rings (SSSR count). The topological polar surface area (TPSA) is 66.9 Å². The third kappa shape index (κ3) is 4.40. The van der Waals surface area contributed by atoms with Gasteiger partial charge < -0.3 is 9.64 Å². The van der Waals surface area contributed by atoms with E-state index in [1.807, 2.05) is 13.8 Å². The molecule has 1 fully saturated rings. The average molecular weight is 395 g/mol. The summed E-state index contributed by atoms with van der Waals surface area (Å²) in [6.45, 7) is 4.41. The number of rotatable bonds is 4. The molecule has 6 nitrogen and oxygen atoms in total. The standard InChI is InChI=1S/C15H20Cl2N2O4S/c1-10-7-19(8-11(2)23-10)15(20)9-18(3)24(21,22)12-4-5-13(16)14(17)6-12/h4-6,10-11H,7-9H2,1-3H3/t10-,11-/m0/s1. The van der Waals surface area contributed by atoms with Crippen molar-refractivity contribution in [2.24, 2.45) is 0 Å². The zero-order chi connectivity index (χ0) is 18.1. The Labute approximate surface area is 152 Å². The van der Waals surface area contributed by atoms with E-state index in [4.69, 9.17) is 27.9 Å². The van der Waals surface area contributed by atoms with Gasteiger partial charge >= 0.3 is 0 Å². The summed E-state index contributed by atoms with van der Waals surface area (Å²) in [4.78, 5) is 14.0. The number of likely N-dealkylation sites (N-methyl/N-ethyl adjacent to an activating group) is 1. The predicted octanol–water partition coefficient (Wildman–Crippen LogP) is 2.25. The summed E-state index contributed by atoms with van der Waals surface area (Å²) >= 11 is 11.7. The summed E-state index contributed by atoms with van der Waals surface area (Å²) in [7, 11) is -2.46. The maximum Gasteiger partial charge on any atom is 0.243 e. The Kier molecular flexibility index (Phi) is 6.14. The smallest absolute Gasteiger partial charge is 0.243 e. The largest absolute Gasteiger partial charge is 0.372 e. The monoisotopic (exact) mass is 394 g/mol. The SMILES string of the molecule is C[C@H]1CN(C(=O)CN(C)S(=O)(=O)c2ccc(Cl)c(Cl)c2)C[C@H](C)O1. The lowest BCUT2D eigenvalue weighted by Gasteiger charge is -2.36. The van der Waals surface area contributed by atoms with Crippen LogP contribution in [0.1, 0.15) is 13.8 Å². The summed E-state index contributed by atoms with van der Waals surface area (Å²) in [5.41, 5.74) is 0. The maximum absolute atomic E-state index is 12.6. The Balaban J connectivity index is 2.11. The van der Waals surface area contributed by atoms with Crippen molar-refractivity contribution in [3.63, 3.8) is 0 Å². The Hall–Kier alpha value is -0.860. The van der Waals surface area contributed by atoms with E-state index >= 15 is 0 Å². The van der Waals surface area contributed by atoms with Gasteiger partial charge in [0.05, 0.1) is 33.7 Å². The van der Waals surface area contributed by atoms with Crippen molar-refractivity contribution in [3.8, 4) is 0 Å². The molecule has 1 saturated heterocycles. The number of sulfonamides is 1. The van der Waals surface area contributed by atoms with Gasteiger partial charge in [0.15, 0.2) is 0 Å². The van der Waals surface area contributed by atoms with E-state index in [1.54, 1.807) is 4.90 Å². The van der Waals surface area contributed by atoms with Crippen LogP contribution in [0, 0.1) is 0 Å². The van der Waals surface area contributed by atoms with E-state index in [2.05, 4.69) is 0 Å². The van der Waals surface area contributed by atoms with Crippen molar-refractivity contribution in [1.82, 2.24) is 9.21 Å². The number of hydrogen-bond acceptors (Lipinski definition) is 4. The fourth-order valence-corrected chi connectivity index (χ4v) is 4.08. The molecule has 1 aliphatic rings. The Morgan fingerprint density at radius 1 is 1.25 bits per heavy atom. The number of carbonyl (C=O) groups excluding carboxylic acids is 1. The second-order valence-corrected chi connectivity index (χ2v) is 8.75. The van der Waals surface area contributed by atoms with E-state index in [9.17, 15) is 13.2 Å². The molecule has 0 aromatic heterocycles. The van der Waals surface area contributed by atoms with Gasteiger partial charge in [-0.2, -0.15) is 4.31 Å². The predicted molar refractivity (Wildman–Crippen MR) is 92.9 cm³/mol.